The summed E-state index contributed by atoms with van der Waals surface area (Å²) < 4.78 is 54.9. The first-order chi connectivity index (χ1) is 7.50. The number of aryl methyl sites for hydroxylation is 1. The molecule has 17 heavy (non-hydrogen) atoms. The number of hydrogen-bond donors (Lipinski definition) is 0. The molecule has 0 spiro atoms. The van der Waals surface area contributed by atoms with E-state index in [0.717, 1.165) is 4.57 Å². The monoisotopic (exact) mass is 266 g/mol. The van der Waals surface area contributed by atoms with Gasteiger partial charge in [0.2, 0.25) is 23.6 Å². The smallest absolute Gasteiger partial charge is 0.248 e. The second kappa shape index (κ2) is 4.75. The number of benzene rings is 1. The highest BCUT2D eigenvalue weighted by molar-refractivity contribution is 5.36. The molecule has 92 valence electrons. The highest BCUT2D eigenvalue weighted by Gasteiger charge is 2.24. The van der Waals surface area contributed by atoms with E-state index in [-0.39, 0.29) is 18.5 Å². The van der Waals surface area contributed by atoms with Gasteiger partial charge in [-0.25, -0.2) is 13.3 Å². The third-order valence-corrected chi connectivity index (χ3v) is 2.12. The van der Waals surface area contributed by atoms with E-state index >= 15 is 0 Å². The molecule has 1 aromatic heterocycles. The van der Waals surface area contributed by atoms with Crippen LogP contribution in [-0.4, -0.2) is 4.57 Å². The van der Waals surface area contributed by atoms with Gasteiger partial charge in [-0.1, -0.05) is 0 Å². The molecule has 0 amide bonds. The Kier molecular flexibility index (Phi) is 3.77. The molecule has 0 aliphatic carbocycles. The van der Waals surface area contributed by atoms with E-state index in [1.165, 1.54) is 23.3 Å². The zero-order valence-electron chi connectivity index (χ0n) is 8.59. The largest absolute Gasteiger partial charge is 1.00 e. The van der Waals surface area contributed by atoms with Crippen LogP contribution in [0.15, 0.2) is 24.8 Å². The number of rotatable bonds is 1. The molecule has 1 aromatic carbocycles. The molecule has 0 aliphatic rings. The lowest BCUT2D eigenvalue weighted by Gasteiger charge is -2.02. The fourth-order valence-electron chi connectivity index (χ4n) is 1.37. The molecule has 0 N–H and O–H groups in total. The first-order valence-electron chi connectivity index (χ1n) is 4.37. The summed E-state index contributed by atoms with van der Waals surface area (Å²) in [5.74, 6) is -5.69. The van der Waals surface area contributed by atoms with Crippen molar-refractivity contribution >= 4 is 0 Å². The Morgan fingerprint density at radius 3 is 2.00 bits per heavy atom. The van der Waals surface area contributed by atoms with Crippen LogP contribution in [0.3, 0.4) is 0 Å². The fraction of sp³-hybridized carbons (Fsp3) is 0.100. The first-order valence-corrected chi connectivity index (χ1v) is 4.37. The molecule has 0 unspecified atom stereocenters. The number of nitrogens with zero attached hydrogens (tertiary/aromatic N) is 2. The lowest BCUT2D eigenvalue weighted by molar-refractivity contribution is -0.670. The molecular weight excluding hydrogens is 260 g/mol. The lowest BCUT2D eigenvalue weighted by Crippen LogP contribution is -3.00. The van der Waals surface area contributed by atoms with Crippen molar-refractivity contribution in [2.24, 2.45) is 7.05 Å². The third kappa shape index (κ3) is 2.26. The molecule has 0 saturated heterocycles. The zero-order chi connectivity index (χ0) is 11.9. The van der Waals surface area contributed by atoms with E-state index in [2.05, 4.69) is 0 Å². The highest BCUT2D eigenvalue weighted by Crippen LogP contribution is 2.22. The van der Waals surface area contributed by atoms with Gasteiger partial charge >= 0.3 is 0 Å². The molecule has 1 heterocycles. The predicted octanol–water partition coefficient (Wildman–Crippen LogP) is -1.14. The molecule has 0 saturated carbocycles. The van der Waals surface area contributed by atoms with Gasteiger partial charge in [0.05, 0.1) is 7.05 Å². The van der Waals surface area contributed by atoms with Crippen molar-refractivity contribution in [1.29, 1.82) is 0 Å². The van der Waals surface area contributed by atoms with Crippen molar-refractivity contribution in [3.05, 3.63) is 48.1 Å². The number of aromatic nitrogens is 2. The van der Waals surface area contributed by atoms with Crippen LogP contribution in [0.2, 0.25) is 0 Å². The first kappa shape index (κ1) is 13.5. The Bertz CT molecular complexity index is 527. The van der Waals surface area contributed by atoms with Crippen LogP contribution in [0.5, 0.6) is 0 Å². The van der Waals surface area contributed by atoms with Gasteiger partial charge in [0.25, 0.3) is 0 Å². The van der Waals surface area contributed by atoms with Crippen LogP contribution in [0.25, 0.3) is 5.69 Å². The second-order valence-corrected chi connectivity index (χ2v) is 3.30. The Balaban J connectivity index is 0.00000144. The fourth-order valence-corrected chi connectivity index (χ4v) is 1.37. The van der Waals surface area contributed by atoms with Gasteiger partial charge in [0, 0.05) is 6.07 Å². The molecular formula is C10H7ClF4N2. The SMILES string of the molecule is C[n+]1ccn(-c2c(F)c(F)cc(F)c2F)c1.[Cl-]. The second-order valence-electron chi connectivity index (χ2n) is 3.30. The Morgan fingerprint density at radius 2 is 1.59 bits per heavy atom. The van der Waals surface area contributed by atoms with Crippen LogP contribution in [-0.2, 0) is 7.05 Å². The van der Waals surface area contributed by atoms with Crippen molar-refractivity contribution in [2.75, 3.05) is 0 Å². The summed E-state index contributed by atoms with van der Waals surface area (Å²) in [6.07, 6.45) is 4.07. The van der Waals surface area contributed by atoms with Crippen molar-refractivity contribution in [3.8, 4) is 5.69 Å². The summed E-state index contributed by atoms with van der Waals surface area (Å²) in [6.45, 7) is 0. The van der Waals surface area contributed by atoms with Crippen molar-refractivity contribution in [2.45, 2.75) is 0 Å². The van der Waals surface area contributed by atoms with Crippen molar-refractivity contribution in [3.63, 3.8) is 0 Å². The lowest BCUT2D eigenvalue weighted by atomic mass is 10.2. The molecule has 2 aromatic rings. The minimum absolute atomic E-state index is 0. The maximum atomic E-state index is 13.3. The van der Waals surface area contributed by atoms with Crippen LogP contribution >= 0.6 is 0 Å². The Labute approximate surface area is 101 Å². The highest BCUT2D eigenvalue weighted by atomic mass is 35.5. The van der Waals surface area contributed by atoms with Crippen molar-refractivity contribution in [1.82, 2.24) is 4.57 Å². The van der Waals surface area contributed by atoms with Gasteiger partial charge < -0.3 is 12.4 Å². The quantitative estimate of drug-likeness (QED) is 0.351. The molecule has 2 nitrogen and oxygen atoms in total. The standard InChI is InChI=1S/C10H7F4N2.ClH/c1-15-2-3-16(5-15)10-8(13)6(11)4-7(12)9(10)14;/h2-5H,1H3;1H/q+1;/p-1. The third-order valence-electron chi connectivity index (χ3n) is 2.12. The van der Waals surface area contributed by atoms with Crippen LogP contribution in [0, 0.1) is 23.3 Å². The van der Waals surface area contributed by atoms with Crippen LogP contribution in [0.4, 0.5) is 17.6 Å². The summed E-state index contributed by atoms with van der Waals surface area (Å²) >= 11 is 0. The topological polar surface area (TPSA) is 8.81 Å². The summed E-state index contributed by atoms with van der Waals surface area (Å²) in [6, 6.07) is 0.178. The average Bonchev–Trinajstić information content (AvgIpc) is 2.62. The van der Waals surface area contributed by atoms with E-state index in [9.17, 15) is 17.6 Å². The van der Waals surface area contributed by atoms with E-state index < -0.39 is 29.0 Å². The molecule has 2 rings (SSSR count). The zero-order valence-corrected chi connectivity index (χ0v) is 9.35. The number of hydrogen-bond acceptors (Lipinski definition) is 0. The normalized spacial score (nSPS) is 10.2. The van der Waals surface area contributed by atoms with E-state index in [0.29, 0.717) is 0 Å². The summed E-state index contributed by atoms with van der Waals surface area (Å²) in [5.41, 5.74) is -0.766. The number of imidazole rings is 1. The molecule has 0 bridgehead atoms. The maximum absolute atomic E-state index is 13.3. The van der Waals surface area contributed by atoms with Gasteiger partial charge in [0.1, 0.15) is 12.4 Å². The molecule has 0 atom stereocenters. The molecule has 0 radical (unpaired) electrons. The van der Waals surface area contributed by atoms with E-state index in [1.807, 2.05) is 0 Å². The molecule has 0 fully saturated rings. The Hall–Kier alpha value is -1.56. The van der Waals surface area contributed by atoms with E-state index in [4.69, 9.17) is 0 Å². The summed E-state index contributed by atoms with van der Waals surface area (Å²) in [4.78, 5) is 0. The van der Waals surface area contributed by atoms with Gasteiger partial charge in [-0.15, -0.1) is 0 Å². The summed E-state index contributed by atoms with van der Waals surface area (Å²) in [5, 5.41) is 0. The van der Waals surface area contributed by atoms with Crippen LogP contribution < -0.4 is 17.0 Å². The van der Waals surface area contributed by atoms with Gasteiger partial charge in [0.15, 0.2) is 11.6 Å². The minimum atomic E-state index is -1.43. The van der Waals surface area contributed by atoms with E-state index in [1.54, 1.807) is 7.05 Å². The van der Waals surface area contributed by atoms with Crippen molar-refractivity contribution < 1.29 is 34.5 Å². The Morgan fingerprint density at radius 1 is 1.06 bits per heavy atom. The predicted molar refractivity (Wildman–Crippen MR) is 46.8 cm³/mol. The molecule has 0 aliphatic heterocycles. The average molecular weight is 267 g/mol. The molecule has 7 heteroatoms. The van der Waals surface area contributed by atoms with Gasteiger partial charge in [-0.2, -0.15) is 13.3 Å². The minimum Gasteiger partial charge on any atom is -1.00 e. The maximum Gasteiger partial charge on any atom is 0.248 e. The van der Waals surface area contributed by atoms with Crippen LogP contribution in [0.1, 0.15) is 0 Å². The number of halogens is 5. The van der Waals surface area contributed by atoms with Gasteiger partial charge in [-0.3, -0.25) is 0 Å². The summed E-state index contributed by atoms with van der Waals surface area (Å²) in [7, 11) is 1.61. The van der Waals surface area contributed by atoms with Gasteiger partial charge in [-0.05, 0) is 0 Å².